The molecule has 2 aliphatic heterocycles. The molecule has 1 fully saturated rings. The molecule has 5 N–H and O–H groups in total. The van der Waals surface area contributed by atoms with E-state index in [1.54, 1.807) is 22.8 Å². The van der Waals surface area contributed by atoms with Gasteiger partial charge in [0.2, 0.25) is 6.29 Å². The van der Waals surface area contributed by atoms with E-state index in [9.17, 15) is 25.2 Å². The van der Waals surface area contributed by atoms with Crippen LogP contribution in [0.4, 0.5) is 0 Å². The first-order chi connectivity index (χ1) is 16.5. The number of benzene rings is 2. The molecular weight excluding hydrogens is 442 g/mol. The molecule has 10 heteroatoms. The monoisotopic (exact) mass is 465 g/mol. The van der Waals surface area contributed by atoms with Crippen molar-refractivity contribution in [3.8, 4) is 17.3 Å². The fraction of sp³-hybridized carbons (Fsp3) is 0.333. The number of para-hydroxylation sites is 1. The maximum absolute atomic E-state index is 13.0. The van der Waals surface area contributed by atoms with Crippen LogP contribution in [0.1, 0.15) is 5.56 Å². The molecule has 6 rings (SSSR count). The predicted molar refractivity (Wildman–Crippen MR) is 121 cm³/mol. The summed E-state index contributed by atoms with van der Waals surface area (Å²) in [6.07, 6.45) is -6.17. The number of ether oxygens (including phenoxy) is 2. The average molecular weight is 465 g/mol. The normalized spacial score (nSPS) is 26.4. The lowest BCUT2D eigenvalue weighted by molar-refractivity contribution is -0.277. The van der Waals surface area contributed by atoms with Crippen LogP contribution in [0.25, 0.3) is 33.3 Å². The van der Waals surface area contributed by atoms with E-state index in [0.29, 0.717) is 35.4 Å². The smallest absolute Gasteiger partial charge is 0.261 e. The third-order valence-corrected chi connectivity index (χ3v) is 6.65. The summed E-state index contributed by atoms with van der Waals surface area (Å²) in [4.78, 5) is 21.1. The van der Waals surface area contributed by atoms with Gasteiger partial charge in [0, 0.05) is 17.4 Å². The summed E-state index contributed by atoms with van der Waals surface area (Å²) in [6.45, 7) is -0.0423. The van der Waals surface area contributed by atoms with Crippen molar-refractivity contribution in [2.75, 3.05) is 6.61 Å². The van der Waals surface area contributed by atoms with Gasteiger partial charge in [-0.1, -0.05) is 12.1 Å². The van der Waals surface area contributed by atoms with Crippen LogP contribution in [-0.2, 0) is 17.7 Å². The first-order valence-corrected chi connectivity index (χ1v) is 11.1. The molecule has 34 heavy (non-hydrogen) atoms. The van der Waals surface area contributed by atoms with Gasteiger partial charge in [-0.05, 0) is 42.3 Å². The van der Waals surface area contributed by atoms with E-state index >= 15 is 0 Å². The van der Waals surface area contributed by atoms with Crippen LogP contribution in [0, 0.1) is 0 Å². The molecule has 0 bridgehead atoms. The third kappa shape index (κ3) is 3.15. The topological polar surface area (TPSA) is 150 Å². The van der Waals surface area contributed by atoms with E-state index in [1.165, 1.54) is 0 Å². The Kier molecular flexibility index (Phi) is 4.94. The van der Waals surface area contributed by atoms with Crippen LogP contribution < -0.4 is 10.3 Å². The molecule has 0 aliphatic carbocycles. The fourth-order valence-corrected chi connectivity index (χ4v) is 4.84. The molecule has 5 atom stereocenters. The zero-order valence-electron chi connectivity index (χ0n) is 18.0. The molecule has 2 aromatic carbocycles. The number of nitrogens with zero attached hydrogens (tertiary/aromatic N) is 2. The maximum atomic E-state index is 13.0. The van der Waals surface area contributed by atoms with Crippen LogP contribution >= 0.6 is 0 Å². The summed E-state index contributed by atoms with van der Waals surface area (Å²) >= 11 is 0. The Morgan fingerprint density at radius 2 is 1.91 bits per heavy atom. The largest absolute Gasteiger partial charge is 0.462 e. The summed E-state index contributed by atoms with van der Waals surface area (Å²) in [7, 11) is 0. The second-order valence-corrected chi connectivity index (χ2v) is 8.66. The lowest BCUT2D eigenvalue weighted by Crippen LogP contribution is -2.60. The number of aryl methyl sites for hydroxylation is 1. The predicted octanol–water partition coefficient (Wildman–Crippen LogP) is 0.280. The molecule has 0 radical (unpaired) electrons. The molecule has 2 aromatic heterocycles. The van der Waals surface area contributed by atoms with Gasteiger partial charge in [-0.3, -0.25) is 9.36 Å². The van der Waals surface area contributed by atoms with Crippen molar-refractivity contribution in [1.82, 2.24) is 14.5 Å². The number of hydrogen-bond acceptors (Lipinski definition) is 8. The zero-order valence-corrected chi connectivity index (χ0v) is 18.0. The minimum Gasteiger partial charge on any atom is -0.462 e. The molecule has 10 nitrogen and oxygen atoms in total. The second kappa shape index (κ2) is 7.90. The summed E-state index contributed by atoms with van der Waals surface area (Å²) in [5, 5.41) is 41.1. The number of nitrogens with one attached hydrogen (secondary N) is 1. The van der Waals surface area contributed by atoms with Gasteiger partial charge in [0.25, 0.3) is 5.56 Å². The minimum absolute atomic E-state index is 0.0726. The number of aromatic amines is 1. The Morgan fingerprint density at radius 3 is 2.74 bits per heavy atom. The van der Waals surface area contributed by atoms with Crippen molar-refractivity contribution < 1.29 is 29.9 Å². The molecule has 4 aromatic rings. The Bertz CT molecular complexity index is 1460. The molecule has 0 amide bonds. The zero-order chi connectivity index (χ0) is 23.6. The average Bonchev–Trinajstić information content (AvgIpc) is 3.23. The van der Waals surface area contributed by atoms with Crippen LogP contribution in [0.5, 0.6) is 5.75 Å². The molecule has 4 heterocycles. The van der Waals surface area contributed by atoms with Crippen molar-refractivity contribution in [3.05, 3.63) is 58.4 Å². The number of rotatable bonds is 3. The number of hydrogen-bond donors (Lipinski definition) is 5. The number of H-pyrrole nitrogens is 1. The molecule has 1 saturated heterocycles. The van der Waals surface area contributed by atoms with Crippen molar-refractivity contribution >= 4 is 21.8 Å². The molecule has 0 unspecified atom stereocenters. The van der Waals surface area contributed by atoms with E-state index in [4.69, 9.17) is 14.5 Å². The van der Waals surface area contributed by atoms with Crippen molar-refractivity contribution in [2.45, 2.75) is 43.7 Å². The van der Waals surface area contributed by atoms with Gasteiger partial charge in [-0.2, -0.15) is 0 Å². The lowest BCUT2D eigenvalue weighted by atomic mass is 9.99. The number of aliphatic hydroxyl groups excluding tert-OH is 4. The van der Waals surface area contributed by atoms with E-state index in [1.807, 2.05) is 24.3 Å². The highest BCUT2D eigenvalue weighted by molar-refractivity contribution is 5.92. The Labute approximate surface area is 192 Å². The molecular formula is C24H23N3O7. The fourth-order valence-electron chi connectivity index (χ4n) is 4.84. The van der Waals surface area contributed by atoms with Crippen molar-refractivity contribution in [3.63, 3.8) is 0 Å². The summed E-state index contributed by atoms with van der Waals surface area (Å²) in [5.41, 5.74) is 3.17. The Morgan fingerprint density at radius 1 is 1.09 bits per heavy atom. The Balaban J connectivity index is 1.39. The standard InChI is InChI=1S/C24H23N3O7/c28-10-17-19(29)20(30)21(31)24(34-17)33-11-5-6-16-14(9-11)12-7-8-27-22(18(12)25-16)26-15-4-2-1-3-13(15)23(27)32/h1-6,9,17,19-21,24-25,28-31H,7-8,10H2/t17-,19-,20+,21-,24-/m1/s1. The van der Waals surface area contributed by atoms with E-state index in [0.717, 1.165) is 22.2 Å². The lowest BCUT2D eigenvalue weighted by Gasteiger charge is -2.39. The quantitative estimate of drug-likeness (QED) is 0.290. The number of aliphatic hydroxyl groups is 4. The van der Waals surface area contributed by atoms with Gasteiger partial charge >= 0.3 is 0 Å². The van der Waals surface area contributed by atoms with Crippen molar-refractivity contribution in [1.29, 1.82) is 0 Å². The first kappa shape index (κ1) is 21.3. The molecule has 0 spiro atoms. The summed E-state index contributed by atoms with van der Waals surface area (Å²) in [6, 6.07) is 12.6. The highest BCUT2D eigenvalue weighted by Crippen LogP contribution is 2.36. The first-order valence-electron chi connectivity index (χ1n) is 11.1. The third-order valence-electron chi connectivity index (χ3n) is 6.65. The van der Waals surface area contributed by atoms with Crippen LogP contribution in [0.3, 0.4) is 0 Å². The van der Waals surface area contributed by atoms with Gasteiger partial charge in [0.05, 0.1) is 23.2 Å². The minimum atomic E-state index is -1.52. The Hall–Kier alpha value is -3.28. The van der Waals surface area contributed by atoms with Gasteiger partial charge in [-0.25, -0.2) is 4.98 Å². The highest BCUT2D eigenvalue weighted by Gasteiger charge is 2.44. The second-order valence-electron chi connectivity index (χ2n) is 8.66. The SMILES string of the molecule is O=c1c2ccccc2nc2n1CCc1c-2[nH]c2ccc(O[C@@H]3O[C@H](CO)[C@@H](O)[C@H](O)[C@H]3O)cc12. The van der Waals surface area contributed by atoms with Crippen molar-refractivity contribution in [2.24, 2.45) is 0 Å². The highest BCUT2D eigenvalue weighted by atomic mass is 16.7. The van der Waals surface area contributed by atoms with Gasteiger partial charge < -0.3 is 34.9 Å². The van der Waals surface area contributed by atoms with E-state index in [-0.39, 0.29) is 5.56 Å². The maximum Gasteiger partial charge on any atom is 0.261 e. The van der Waals surface area contributed by atoms with Crippen LogP contribution in [-0.4, -0.2) is 72.3 Å². The summed E-state index contributed by atoms with van der Waals surface area (Å²) < 4.78 is 12.9. The molecule has 2 aliphatic rings. The molecule has 0 saturated carbocycles. The van der Waals surface area contributed by atoms with Crippen LogP contribution in [0.2, 0.25) is 0 Å². The number of fused-ring (bicyclic) bond motifs is 6. The summed E-state index contributed by atoms with van der Waals surface area (Å²) in [5.74, 6) is 0.964. The van der Waals surface area contributed by atoms with Crippen LogP contribution in [0.15, 0.2) is 47.3 Å². The van der Waals surface area contributed by atoms with Gasteiger partial charge in [-0.15, -0.1) is 0 Å². The molecule has 176 valence electrons. The van der Waals surface area contributed by atoms with E-state index < -0.39 is 37.3 Å². The van der Waals surface area contributed by atoms with E-state index in [2.05, 4.69) is 4.98 Å². The van der Waals surface area contributed by atoms with Gasteiger partial charge in [0.1, 0.15) is 30.2 Å². The number of aromatic nitrogens is 3. The van der Waals surface area contributed by atoms with Gasteiger partial charge in [0.15, 0.2) is 5.82 Å².